The van der Waals surface area contributed by atoms with Crippen LogP contribution >= 0.6 is 0 Å². The zero-order valence-corrected chi connectivity index (χ0v) is 47.8. The summed E-state index contributed by atoms with van der Waals surface area (Å²) in [6.07, 6.45) is -29.8. The molecule has 0 amide bonds. The molecular weight excluding hydrogens is 1100 g/mol. The topological polar surface area (TPSA) is 427 Å². The zero-order chi connectivity index (χ0) is 60.9. The molecule has 0 radical (unpaired) electrons. The van der Waals surface area contributed by atoms with Crippen molar-refractivity contribution in [3.05, 3.63) is 22.8 Å². The Bertz CT molecular complexity index is 2300. The summed E-state index contributed by atoms with van der Waals surface area (Å²) in [5, 5.41) is 150. The molecule has 0 spiro atoms. The Morgan fingerprint density at radius 3 is 1.72 bits per heavy atom. The number of hydrogen-bond acceptors (Lipinski definition) is 27. The Hall–Kier alpha value is -2.95. The third-order valence-corrected chi connectivity index (χ3v) is 20.0. The van der Waals surface area contributed by atoms with Gasteiger partial charge in [-0.25, -0.2) is 4.79 Å². The number of allylic oxidation sites excluding steroid dienone is 1. The van der Waals surface area contributed by atoms with Gasteiger partial charge in [-0.15, -0.1) is 0 Å². The quantitative estimate of drug-likeness (QED) is 0.0275. The Kier molecular flexibility index (Phi) is 21.3. The first-order valence-electron chi connectivity index (χ1n) is 28.9. The van der Waals surface area contributed by atoms with E-state index in [1.54, 1.807) is 6.92 Å². The van der Waals surface area contributed by atoms with Crippen LogP contribution in [0.4, 0.5) is 0 Å². The molecule has 8 rings (SSSR count). The molecule has 0 bridgehead atoms. The van der Waals surface area contributed by atoms with Gasteiger partial charge in [-0.1, -0.05) is 38.0 Å². The molecule has 0 aromatic rings. The highest BCUT2D eigenvalue weighted by Crippen LogP contribution is 2.67. The van der Waals surface area contributed by atoms with Gasteiger partial charge >= 0.3 is 17.9 Å². The summed E-state index contributed by atoms with van der Waals surface area (Å²) in [6.45, 7) is 8.99. The second kappa shape index (κ2) is 26.8. The maximum atomic E-state index is 14.3. The minimum atomic E-state index is -2.11. The van der Waals surface area contributed by atoms with E-state index in [1.807, 2.05) is 6.92 Å². The normalized spacial score (nSPS) is 47.4. The van der Waals surface area contributed by atoms with Crippen molar-refractivity contribution >= 4 is 17.9 Å². The van der Waals surface area contributed by atoms with Crippen molar-refractivity contribution in [3.8, 4) is 0 Å². The Morgan fingerprint density at radius 2 is 1.14 bits per heavy atom. The molecule has 474 valence electrons. The van der Waals surface area contributed by atoms with Gasteiger partial charge in [0.15, 0.2) is 25.0 Å². The van der Waals surface area contributed by atoms with Gasteiger partial charge in [-0.05, 0) is 87.4 Å². The molecule has 4 heterocycles. The van der Waals surface area contributed by atoms with Gasteiger partial charge < -0.3 is 119 Å². The summed E-state index contributed by atoms with van der Waals surface area (Å²) in [5.74, 6) is -1.89. The summed E-state index contributed by atoms with van der Waals surface area (Å²) >= 11 is 0. The molecule has 83 heavy (non-hydrogen) atoms. The summed E-state index contributed by atoms with van der Waals surface area (Å²) < 4.78 is 57.3. The van der Waals surface area contributed by atoms with Gasteiger partial charge in [0.2, 0.25) is 6.29 Å². The van der Waals surface area contributed by atoms with E-state index >= 15 is 0 Å². The fourth-order valence-electron chi connectivity index (χ4n) is 15.0. The van der Waals surface area contributed by atoms with Gasteiger partial charge in [0, 0.05) is 37.7 Å². The summed E-state index contributed by atoms with van der Waals surface area (Å²) in [5.41, 5.74) is 0.748. The van der Waals surface area contributed by atoms with Gasteiger partial charge in [0.1, 0.15) is 104 Å². The molecule has 30 atom stereocenters. The van der Waals surface area contributed by atoms with E-state index in [4.69, 9.17) is 47.4 Å². The first-order valence-corrected chi connectivity index (χ1v) is 28.9. The lowest BCUT2D eigenvalue weighted by molar-refractivity contribution is -0.381. The van der Waals surface area contributed by atoms with Crippen LogP contribution in [-0.2, 0) is 61.8 Å². The van der Waals surface area contributed by atoms with Crippen LogP contribution in [0, 0.1) is 40.4 Å². The maximum Gasteiger partial charge on any atom is 0.336 e. The number of rotatable bonds is 18. The molecule has 8 aliphatic rings. The molecule has 14 N–H and O–H groups in total. The Labute approximate surface area is 480 Å². The van der Waals surface area contributed by atoms with Gasteiger partial charge in [0.05, 0.1) is 32.0 Å². The molecule has 0 aromatic carbocycles. The number of ether oxygens (including phenoxy) is 10. The zero-order valence-electron chi connectivity index (χ0n) is 47.8. The number of fused-ring (bicyclic) bond motifs is 5. The van der Waals surface area contributed by atoms with Crippen LogP contribution in [0.25, 0.3) is 0 Å². The van der Waals surface area contributed by atoms with E-state index in [9.17, 15) is 85.9 Å². The minimum absolute atomic E-state index is 0.0349. The van der Waals surface area contributed by atoms with Crippen molar-refractivity contribution in [3.63, 3.8) is 0 Å². The molecule has 27 nitrogen and oxygen atoms in total. The highest BCUT2D eigenvalue weighted by Gasteiger charge is 2.63. The second-order valence-electron chi connectivity index (χ2n) is 24.7. The van der Waals surface area contributed by atoms with Crippen molar-refractivity contribution in [2.75, 3.05) is 26.4 Å². The fourth-order valence-corrected chi connectivity index (χ4v) is 15.0. The number of aliphatic hydroxyl groups excluding tert-OH is 14. The average molecular weight is 1190 g/mol. The maximum absolute atomic E-state index is 14.3. The molecule has 4 aliphatic carbocycles. The molecule has 4 saturated heterocycles. The second-order valence-corrected chi connectivity index (χ2v) is 24.7. The van der Waals surface area contributed by atoms with Crippen molar-refractivity contribution in [2.24, 2.45) is 40.4 Å². The van der Waals surface area contributed by atoms with Crippen LogP contribution in [0.2, 0.25) is 0 Å². The molecular formula is C56H88O27. The van der Waals surface area contributed by atoms with Crippen LogP contribution in [0.1, 0.15) is 99.8 Å². The summed E-state index contributed by atoms with van der Waals surface area (Å²) in [6, 6.07) is 0. The van der Waals surface area contributed by atoms with E-state index in [-0.39, 0.29) is 53.4 Å². The number of hydrogen-bond donors (Lipinski definition) is 14. The highest BCUT2D eigenvalue weighted by molar-refractivity contribution is 5.88. The third kappa shape index (κ3) is 13.0. The van der Waals surface area contributed by atoms with Gasteiger partial charge in [-0.3, -0.25) is 9.59 Å². The molecule has 3 saturated carbocycles. The SMILES string of the molecule is CC(=O)OCC1OC(OC(=O)/C(C)=C(/C)CC(OC(C)=O)C(C)C2CCC3C4CC=C5CC(OC6OC(CO)C(O)C(O)C6O)CC(O)C5(C)C4CCC23C)C(OC2OC(CO)C(OC3OC(CO)C(O)C(O)C3O)C(O)C2O)C(O)C1O. The third-order valence-electron chi connectivity index (χ3n) is 20.0. The largest absolute Gasteiger partial charge is 0.463 e. The van der Waals surface area contributed by atoms with Crippen molar-refractivity contribution in [1.29, 1.82) is 0 Å². The molecule has 4 aliphatic heterocycles. The predicted molar refractivity (Wildman–Crippen MR) is 278 cm³/mol. The van der Waals surface area contributed by atoms with E-state index in [1.165, 1.54) is 13.8 Å². The lowest BCUT2D eigenvalue weighted by atomic mass is 9.46. The van der Waals surface area contributed by atoms with E-state index < -0.39 is 191 Å². The van der Waals surface area contributed by atoms with Crippen LogP contribution in [0.15, 0.2) is 22.8 Å². The number of carbonyl (C=O) groups excluding carboxylic acids is 3. The predicted octanol–water partition coefficient (Wildman–Crippen LogP) is -3.42. The number of esters is 3. The molecule has 0 aromatic heterocycles. The van der Waals surface area contributed by atoms with E-state index in [0.717, 1.165) is 44.6 Å². The average Bonchev–Trinajstić information content (AvgIpc) is 1.88. The molecule has 27 heteroatoms. The lowest BCUT2D eigenvalue weighted by Crippen LogP contribution is -2.66. The molecule has 30 unspecified atom stereocenters. The fraction of sp³-hybridized carbons (Fsp3) is 0.875. The smallest absolute Gasteiger partial charge is 0.336 e. The van der Waals surface area contributed by atoms with Gasteiger partial charge in [0.25, 0.3) is 0 Å². The summed E-state index contributed by atoms with van der Waals surface area (Å²) in [4.78, 5) is 38.9. The Morgan fingerprint density at radius 1 is 0.614 bits per heavy atom. The standard InChI is InChI=1S/C56H88O27/c1-21(22(2)50(73)83-54-49(43(68)40(65)36(80-54)20-74-24(4)60)82-53-47(72)44(69)48(35(19-59)79-53)81-52-46(71)42(67)39(64)34(18-58)78-52)14-32(75-25(5)61)23(3)29-10-11-30-28-9-8-26-15-27(76-51-45(70)41(66)38(63)33(17-57)77-51)16-37(62)56(26,7)31(28)12-13-55(29,30)6/h8,23,27-49,51-54,57-59,62-72H,9-20H2,1-7H3/b22-21-. The summed E-state index contributed by atoms with van der Waals surface area (Å²) in [7, 11) is 0. The van der Waals surface area contributed by atoms with Gasteiger partial charge in [-0.2, -0.15) is 0 Å². The van der Waals surface area contributed by atoms with Crippen molar-refractivity contribution in [1.82, 2.24) is 0 Å². The van der Waals surface area contributed by atoms with Crippen LogP contribution in [0.3, 0.4) is 0 Å². The van der Waals surface area contributed by atoms with Crippen molar-refractivity contribution < 1.29 is 133 Å². The minimum Gasteiger partial charge on any atom is -0.463 e. The van der Waals surface area contributed by atoms with E-state index in [2.05, 4.69) is 19.9 Å². The number of aliphatic hydroxyl groups is 14. The first kappa shape index (κ1) is 66.0. The van der Waals surface area contributed by atoms with Crippen LogP contribution in [0.5, 0.6) is 0 Å². The Balaban J connectivity index is 0.949. The number of carbonyl (C=O) groups is 3. The highest BCUT2D eigenvalue weighted by atomic mass is 16.8. The first-order chi connectivity index (χ1) is 39.1. The van der Waals surface area contributed by atoms with Crippen LogP contribution < -0.4 is 0 Å². The van der Waals surface area contributed by atoms with Crippen LogP contribution in [-0.4, -0.2) is 257 Å². The van der Waals surface area contributed by atoms with Crippen molar-refractivity contribution in [2.45, 2.75) is 241 Å². The van der Waals surface area contributed by atoms with E-state index in [0.29, 0.717) is 12.0 Å². The molecule has 7 fully saturated rings. The monoisotopic (exact) mass is 1190 g/mol. The lowest BCUT2D eigenvalue weighted by Gasteiger charge is -2.60.